The van der Waals surface area contributed by atoms with Gasteiger partial charge in [-0.1, -0.05) is 77.1 Å². The summed E-state index contributed by atoms with van der Waals surface area (Å²) in [6, 6.07) is 21.0. The summed E-state index contributed by atoms with van der Waals surface area (Å²) in [5.74, 6) is -0.767. The summed E-state index contributed by atoms with van der Waals surface area (Å²) in [5, 5.41) is 3.61. The highest BCUT2D eigenvalue weighted by molar-refractivity contribution is 9.10. The van der Waals surface area contributed by atoms with E-state index in [-0.39, 0.29) is 23.4 Å². The summed E-state index contributed by atoms with van der Waals surface area (Å²) >= 11 is 9.59. The molecule has 2 amide bonds. The van der Waals surface area contributed by atoms with E-state index in [1.54, 1.807) is 67.6 Å². The first-order valence-corrected chi connectivity index (χ1v) is 15.9. The molecule has 0 saturated heterocycles. The summed E-state index contributed by atoms with van der Waals surface area (Å²) in [4.78, 5) is 28.8. The largest absolute Gasteiger partial charge is 0.352 e. The van der Waals surface area contributed by atoms with E-state index in [0.29, 0.717) is 10.7 Å². The summed E-state index contributed by atoms with van der Waals surface area (Å²) in [7, 11) is -4.09. The zero-order valence-corrected chi connectivity index (χ0v) is 25.5. The number of nitrogens with one attached hydrogen (secondary N) is 1. The standard InChI is InChI=1S/C30H33BrClN3O4S/c1-22(30(37)33-26-11-4-2-5-12-26)34(20-23-9-8-10-25(32)19-23)29(36)21-35(27-17-15-24(31)16-18-27)40(38,39)28-13-6-3-7-14-28/h3,6-10,13-19,22,26H,2,4-5,11-12,20-21H2,1H3,(H,33,37). The van der Waals surface area contributed by atoms with Crippen LogP contribution in [0.1, 0.15) is 44.6 Å². The van der Waals surface area contributed by atoms with Crippen LogP contribution in [-0.2, 0) is 26.2 Å². The van der Waals surface area contributed by atoms with Gasteiger partial charge in [-0.05, 0) is 73.9 Å². The van der Waals surface area contributed by atoms with Gasteiger partial charge in [-0.25, -0.2) is 8.42 Å². The third-order valence-corrected chi connectivity index (χ3v) is 9.64. The fourth-order valence-electron chi connectivity index (χ4n) is 4.84. The second-order valence-electron chi connectivity index (χ2n) is 9.97. The van der Waals surface area contributed by atoms with Crippen molar-refractivity contribution in [3.05, 3.63) is 93.9 Å². The van der Waals surface area contributed by atoms with Crippen molar-refractivity contribution in [2.75, 3.05) is 10.8 Å². The maximum Gasteiger partial charge on any atom is 0.264 e. The van der Waals surface area contributed by atoms with E-state index in [0.717, 1.165) is 46.4 Å². The number of amides is 2. The van der Waals surface area contributed by atoms with Gasteiger partial charge in [0.1, 0.15) is 12.6 Å². The molecule has 0 spiro atoms. The van der Waals surface area contributed by atoms with Gasteiger partial charge in [0.15, 0.2) is 0 Å². The van der Waals surface area contributed by atoms with Gasteiger partial charge in [0.05, 0.1) is 10.6 Å². The summed E-state index contributed by atoms with van der Waals surface area (Å²) in [6.07, 6.45) is 5.10. The van der Waals surface area contributed by atoms with E-state index in [4.69, 9.17) is 11.6 Å². The molecule has 1 atom stereocenters. The fraction of sp³-hybridized carbons (Fsp3) is 0.333. The molecule has 0 aromatic heterocycles. The van der Waals surface area contributed by atoms with Crippen molar-refractivity contribution in [1.29, 1.82) is 0 Å². The van der Waals surface area contributed by atoms with Crippen LogP contribution in [-0.4, -0.2) is 43.8 Å². The molecule has 1 fully saturated rings. The van der Waals surface area contributed by atoms with Crippen LogP contribution in [0.5, 0.6) is 0 Å². The zero-order valence-electron chi connectivity index (χ0n) is 22.3. The molecular weight excluding hydrogens is 614 g/mol. The first-order chi connectivity index (χ1) is 19.1. The Hall–Kier alpha value is -2.88. The van der Waals surface area contributed by atoms with Crippen LogP contribution in [0.4, 0.5) is 5.69 Å². The first-order valence-electron chi connectivity index (χ1n) is 13.3. The van der Waals surface area contributed by atoms with Crippen LogP contribution in [0.3, 0.4) is 0 Å². The van der Waals surface area contributed by atoms with Gasteiger partial charge in [-0.15, -0.1) is 0 Å². The average molecular weight is 647 g/mol. The molecule has 1 unspecified atom stereocenters. The third kappa shape index (κ3) is 7.65. The highest BCUT2D eigenvalue weighted by atomic mass is 79.9. The smallest absolute Gasteiger partial charge is 0.264 e. The minimum Gasteiger partial charge on any atom is -0.352 e. The molecular formula is C30H33BrClN3O4S. The number of sulfonamides is 1. The van der Waals surface area contributed by atoms with Gasteiger partial charge in [-0.3, -0.25) is 13.9 Å². The lowest BCUT2D eigenvalue weighted by atomic mass is 9.95. The fourth-order valence-corrected chi connectivity index (χ4v) is 6.75. The Labute approximate surface area is 249 Å². The molecule has 7 nitrogen and oxygen atoms in total. The zero-order chi connectivity index (χ0) is 28.7. The lowest BCUT2D eigenvalue weighted by Crippen LogP contribution is -2.53. The van der Waals surface area contributed by atoms with E-state index >= 15 is 0 Å². The number of carbonyl (C=O) groups is 2. The van der Waals surface area contributed by atoms with E-state index < -0.39 is 28.5 Å². The summed E-state index contributed by atoms with van der Waals surface area (Å²) < 4.78 is 29.4. The van der Waals surface area contributed by atoms with Crippen LogP contribution in [0.2, 0.25) is 5.02 Å². The molecule has 212 valence electrons. The maximum atomic E-state index is 14.0. The van der Waals surface area contributed by atoms with Gasteiger partial charge in [0.25, 0.3) is 10.0 Å². The second kappa shape index (κ2) is 13.7. The Morgan fingerprint density at radius 2 is 1.65 bits per heavy atom. The van der Waals surface area contributed by atoms with Crippen LogP contribution in [0, 0.1) is 0 Å². The Balaban J connectivity index is 1.66. The minimum atomic E-state index is -4.09. The van der Waals surface area contributed by atoms with Crippen molar-refractivity contribution in [1.82, 2.24) is 10.2 Å². The van der Waals surface area contributed by atoms with E-state index in [2.05, 4.69) is 21.2 Å². The van der Waals surface area contributed by atoms with Crippen LogP contribution in [0.15, 0.2) is 88.2 Å². The number of hydrogen-bond acceptors (Lipinski definition) is 4. The molecule has 1 saturated carbocycles. The molecule has 4 rings (SSSR count). The topological polar surface area (TPSA) is 86.8 Å². The van der Waals surface area contributed by atoms with Gasteiger partial charge >= 0.3 is 0 Å². The highest BCUT2D eigenvalue weighted by Crippen LogP contribution is 2.26. The van der Waals surface area contributed by atoms with E-state index in [1.165, 1.54) is 17.0 Å². The highest BCUT2D eigenvalue weighted by Gasteiger charge is 2.33. The number of anilines is 1. The van der Waals surface area contributed by atoms with Gasteiger partial charge < -0.3 is 10.2 Å². The Bertz CT molecular complexity index is 1410. The molecule has 3 aromatic carbocycles. The van der Waals surface area contributed by atoms with E-state index in [1.807, 2.05) is 6.07 Å². The average Bonchev–Trinajstić information content (AvgIpc) is 2.95. The summed E-state index contributed by atoms with van der Waals surface area (Å²) in [6.45, 7) is 1.29. The Morgan fingerprint density at radius 1 is 0.975 bits per heavy atom. The molecule has 1 N–H and O–H groups in total. The van der Waals surface area contributed by atoms with Crippen LogP contribution >= 0.6 is 27.5 Å². The van der Waals surface area contributed by atoms with Crippen molar-refractivity contribution < 1.29 is 18.0 Å². The van der Waals surface area contributed by atoms with Crippen molar-refractivity contribution >= 4 is 55.1 Å². The summed E-state index contributed by atoms with van der Waals surface area (Å²) in [5.41, 5.74) is 1.07. The molecule has 40 heavy (non-hydrogen) atoms. The molecule has 10 heteroatoms. The van der Waals surface area contributed by atoms with E-state index in [9.17, 15) is 18.0 Å². The number of carbonyl (C=O) groups excluding carboxylic acids is 2. The van der Waals surface area contributed by atoms with Crippen molar-refractivity contribution in [3.63, 3.8) is 0 Å². The molecule has 0 aliphatic heterocycles. The van der Waals surface area contributed by atoms with Gasteiger partial charge in [0, 0.05) is 22.1 Å². The van der Waals surface area contributed by atoms with Crippen molar-refractivity contribution in [2.24, 2.45) is 0 Å². The number of halogens is 2. The van der Waals surface area contributed by atoms with Crippen LogP contribution in [0.25, 0.3) is 0 Å². The second-order valence-corrected chi connectivity index (χ2v) is 13.2. The van der Waals surface area contributed by atoms with Crippen molar-refractivity contribution in [3.8, 4) is 0 Å². The maximum absolute atomic E-state index is 14.0. The Kier molecular flexibility index (Phi) is 10.3. The third-order valence-electron chi connectivity index (χ3n) is 7.09. The van der Waals surface area contributed by atoms with Gasteiger partial charge in [-0.2, -0.15) is 0 Å². The SMILES string of the molecule is CC(C(=O)NC1CCCCC1)N(Cc1cccc(Cl)c1)C(=O)CN(c1ccc(Br)cc1)S(=O)(=O)c1ccccc1. The first kappa shape index (κ1) is 30.1. The molecule has 0 heterocycles. The van der Waals surface area contributed by atoms with Gasteiger partial charge in [0.2, 0.25) is 11.8 Å². The minimum absolute atomic E-state index is 0.0650. The number of rotatable bonds is 10. The predicted molar refractivity (Wildman–Crippen MR) is 162 cm³/mol. The lowest BCUT2D eigenvalue weighted by molar-refractivity contribution is -0.139. The number of benzene rings is 3. The number of nitrogens with zero attached hydrogens (tertiary/aromatic N) is 2. The molecule has 1 aliphatic rings. The molecule has 0 bridgehead atoms. The predicted octanol–water partition coefficient (Wildman–Crippen LogP) is 6.16. The number of hydrogen-bond donors (Lipinski definition) is 1. The van der Waals surface area contributed by atoms with Crippen LogP contribution < -0.4 is 9.62 Å². The van der Waals surface area contributed by atoms with Crippen molar-refractivity contribution in [2.45, 2.75) is 62.6 Å². The monoisotopic (exact) mass is 645 g/mol. The molecule has 1 aliphatic carbocycles. The molecule has 3 aromatic rings. The Morgan fingerprint density at radius 3 is 2.30 bits per heavy atom. The lowest BCUT2D eigenvalue weighted by Gasteiger charge is -2.33. The normalized spacial score (nSPS) is 14.8. The molecule has 0 radical (unpaired) electrons. The quantitative estimate of drug-likeness (QED) is 0.286.